The molecular formula is C19H17N3O3S. The van der Waals surface area contributed by atoms with Gasteiger partial charge < -0.3 is 5.32 Å². The predicted molar refractivity (Wildman–Crippen MR) is 101 cm³/mol. The van der Waals surface area contributed by atoms with E-state index in [9.17, 15) is 13.2 Å². The van der Waals surface area contributed by atoms with E-state index >= 15 is 0 Å². The standard InChI is InChI=1S/C19H17N3O3S/c1-14-4-2-6-17(12-14)22-26(24,25)18-7-3-5-15(13-18)19(23)21-16-8-10-20-11-9-16/h2-13,22H,1H3,(H,20,21,23). The highest BCUT2D eigenvalue weighted by Gasteiger charge is 2.16. The molecule has 6 nitrogen and oxygen atoms in total. The van der Waals surface area contributed by atoms with Crippen LogP contribution in [0.2, 0.25) is 0 Å². The Morgan fingerprint density at radius 1 is 0.923 bits per heavy atom. The van der Waals surface area contributed by atoms with E-state index in [4.69, 9.17) is 0 Å². The van der Waals surface area contributed by atoms with Gasteiger partial charge in [0.05, 0.1) is 4.90 Å². The van der Waals surface area contributed by atoms with Crippen LogP contribution in [0.15, 0.2) is 78.0 Å². The Morgan fingerprint density at radius 3 is 2.38 bits per heavy atom. The van der Waals surface area contributed by atoms with Gasteiger partial charge in [0.1, 0.15) is 0 Å². The Balaban J connectivity index is 1.83. The zero-order valence-electron chi connectivity index (χ0n) is 14.0. The van der Waals surface area contributed by atoms with E-state index in [2.05, 4.69) is 15.0 Å². The fourth-order valence-electron chi connectivity index (χ4n) is 2.37. The predicted octanol–water partition coefficient (Wildman–Crippen LogP) is 3.44. The van der Waals surface area contributed by atoms with Crippen LogP contribution in [0.3, 0.4) is 0 Å². The Bertz CT molecular complexity index is 1030. The second kappa shape index (κ2) is 7.37. The highest BCUT2D eigenvalue weighted by Crippen LogP contribution is 2.18. The molecule has 0 radical (unpaired) electrons. The zero-order chi connectivity index (χ0) is 18.6. The fraction of sp³-hybridized carbons (Fsp3) is 0.0526. The SMILES string of the molecule is Cc1cccc(NS(=O)(=O)c2cccc(C(=O)Nc3ccncc3)c2)c1. The van der Waals surface area contributed by atoms with Crippen LogP contribution in [-0.4, -0.2) is 19.3 Å². The van der Waals surface area contributed by atoms with E-state index in [-0.39, 0.29) is 10.5 Å². The van der Waals surface area contributed by atoms with Crippen LogP contribution in [-0.2, 0) is 10.0 Å². The molecular weight excluding hydrogens is 350 g/mol. The molecule has 0 aliphatic heterocycles. The molecule has 0 aliphatic rings. The van der Waals surface area contributed by atoms with Crippen LogP contribution >= 0.6 is 0 Å². The number of aromatic nitrogens is 1. The first-order valence-electron chi connectivity index (χ1n) is 7.85. The second-order valence-corrected chi connectivity index (χ2v) is 7.38. The monoisotopic (exact) mass is 367 g/mol. The molecule has 0 spiro atoms. The molecule has 0 saturated carbocycles. The van der Waals surface area contributed by atoms with Gasteiger partial charge in [-0.1, -0.05) is 18.2 Å². The number of aryl methyl sites for hydroxylation is 1. The molecule has 2 aromatic carbocycles. The Morgan fingerprint density at radius 2 is 1.65 bits per heavy atom. The summed E-state index contributed by atoms with van der Waals surface area (Å²) < 4.78 is 27.7. The summed E-state index contributed by atoms with van der Waals surface area (Å²) in [6, 6.07) is 16.2. The van der Waals surface area contributed by atoms with Gasteiger partial charge in [0.15, 0.2) is 0 Å². The first kappa shape index (κ1) is 17.6. The van der Waals surface area contributed by atoms with E-state index in [1.54, 1.807) is 48.8 Å². The molecule has 0 unspecified atom stereocenters. The van der Waals surface area contributed by atoms with Gasteiger partial charge in [-0.3, -0.25) is 14.5 Å². The number of hydrogen-bond acceptors (Lipinski definition) is 4. The largest absolute Gasteiger partial charge is 0.322 e. The van der Waals surface area contributed by atoms with Gasteiger partial charge in [0.25, 0.3) is 15.9 Å². The van der Waals surface area contributed by atoms with Gasteiger partial charge in [-0.2, -0.15) is 0 Å². The highest BCUT2D eigenvalue weighted by atomic mass is 32.2. The molecule has 0 bridgehead atoms. The van der Waals surface area contributed by atoms with E-state index in [1.165, 1.54) is 18.2 Å². The van der Waals surface area contributed by atoms with E-state index in [0.29, 0.717) is 11.4 Å². The Hall–Kier alpha value is -3.19. The molecule has 1 heterocycles. The first-order chi connectivity index (χ1) is 12.4. The van der Waals surface area contributed by atoms with Crippen molar-refractivity contribution in [3.8, 4) is 0 Å². The van der Waals surface area contributed by atoms with Crippen molar-refractivity contribution >= 4 is 27.3 Å². The number of rotatable bonds is 5. The van der Waals surface area contributed by atoms with Gasteiger partial charge in [-0.05, 0) is 55.0 Å². The van der Waals surface area contributed by atoms with Gasteiger partial charge in [-0.15, -0.1) is 0 Å². The van der Waals surface area contributed by atoms with Crippen molar-refractivity contribution in [1.82, 2.24) is 4.98 Å². The van der Waals surface area contributed by atoms with Gasteiger partial charge in [0, 0.05) is 29.3 Å². The maximum absolute atomic E-state index is 12.6. The number of pyridine rings is 1. The molecule has 26 heavy (non-hydrogen) atoms. The summed E-state index contributed by atoms with van der Waals surface area (Å²) in [7, 11) is -3.80. The first-order valence-corrected chi connectivity index (χ1v) is 9.33. The molecule has 3 aromatic rings. The molecule has 3 rings (SSSR count). The number of anilines is 2. The quantitative estimate of drug-likeness (QED) is 0.723. The minimum atomic E-state index is -3.80. The van der Waals surface area contributed by atoms with Gasteiger partial charge >= 0.3 is 0 Å². The smallest absolute Gasteiger partial charge is 0.261 e. The molecule has 0 aliphatic carbocycles. The third-order valence-electron chi connectivity index (χ3n) is 3.62. The Labute approximate surface area is 152 Å². The third-order valence-corrected chi connectivity index (χ3v) is 4.99. The van der Waals surface area contributed by atoms with E-state index < -0.39 is 15.9 Å². The minimum absolute atomic E-state index is 0.0152. The summed E-state index contributed by atoms with van der Waals surface area (Å²) in [5, 5.41) is 2.70. The average molecular weight is 367 g/mol. The number of carbonyl (C=O) groups is 1. The number of nitrogens with zero attached hydrogens (tertiary/aromatic N) is 1. The van der Waals surface area contributed by atoms with Gasteiger partial charge in [0.2, 0.25) is 0 Å². The summed E-state index contributed by atoms with van der Waals surface area (Å²) in [6.07, 6.45) is 3.12. The van der Waals surface area contributed by atoms with Crippen molar-refractivity contribution in [3.63, 3.8) is 0 Å². The lowest BCUT2D eigenvalue weighted by molar-refractivity contribution is 0.102. The van der Waals surface area contributed by atoms with Gasteiger partial charge in [-0.25, -0.2) is 8.42 Å². The molecule has 0 atom stereocenters. The number of benzene rings is 2. The van der Waals surface area contributed by atoms with Crippen LogP contribution in [0.1, 0.15) is 15.9 Å². The average Bonchev–Trinajstić information content (AvgIpc) is 2.62. The number of sulfonamides is 1. The summed E-state index contributed by atoms with van der Waals surface area (Å²) in [5.74, 6) is -0.399. The van der Waals surface area contributed by atoms with Crippen molar-refractivity contribution in [1.29, 1.82) is 0 Å². The molecule has 132 valence electrons. The fourth-order valence-corrected chi connectivity index (χ4v) is 3.46. The molecule has 2 N–H and O–H groups in total. The molecule has 1 aromatic heterocycles. The van der Waals surface area contributed by atoms with Crippen molar-refractivity contribution in [2.75, 3.05) is 10.0 Å². The molecule has 1 amide bonds. The highest BCUT2D eigenvalue weighted by molar-refractivity contribution is 7.92. The summed E-state index contributed by atoms with van der Waals surface area (Å²) in [5.41, 5.74) is 2.23. The van der Waals surface area contributed by atoms with Crippen molar-refractivity contribution in [2.45, 2.75) is 11.8 Å². The van der Waals surface area contributed by atoms with E-state index in [1.807, 2.05) is 13.0 Å². The van der Waals surface area contributed by atoms with Crippen LogP contribution in [0.5, 0.6) is 0 Å². The second-order valence-electron chi connectivity index (χ2n) is 5.69. The van der Waals surface area contributed by atoms with Crippen molar-refractivity contribution < 1.29 is 13.2 Å². The maximum Gasteiger partial charge on any atom is 0.261 e. The van der Waals surface area contributed by atoms with Crippen molar-refractivity contribution in [2.24, 2.45) is 0 Å². The van der Waals surface area contributed by atoms with Crippen LogP contribution in [0, 0.1) is 6.92 Å². The summed E-state index contributed by atoms with van der Waals surface area (Å²) in [4.78, 5) is 16.2. The lowest BCUT2D eigenvalue weighted by Crippen LogP contribution is -2.16. The molecule has 7 heteroatoms. The maximum atomic E-state index is 12.6. The third kappa shape index (κ3) is 4.25. The number of amides is 1. The normalized spacial score (nSPS) is 11.0. The van der Waals surface area contributed by atoms with E-state index in [0.717, 1.165) is 5.56 Å². The minimum Gasteiger partial charge on any atom is -0.322 e. The lowest BCUT2D eigenvalue weighted by atomic mass is 10.2. The van der Waals surface area contributed by atoms with Crippen LogP contribution < -0.4 is 10.0 Å². The summed E-state index contributed by atoms with van der Waals surface area (Å²) in [6.45, 7) is 1.88. The Kier molecular flexibility index (Phi) is 4.99. The summed E-state index contributed by atoms with van der Waals surface area (Å²) >= 11 is 0. The number of hydrogen-bond donors (Lipinski definition) is 2. The topological polar surface area (TPSA) is 88.2 Å². The molecule has 0 fully saturated rings. The van der Waals surface area contributed by atoms with Crippen LogP contribution in [0.25, 0.3) is 0 Å². The lowest BCUT2D eigenvalue weighted by Gasteiger charge is -2.10. The van der Waals surface area contributed by atoms with Crippen molar-refractivity contribution in [3.05, 3.63) is 84.2 Å². The molecule has 0 saturated heterocycles. The number of carbonyl (C=O) groups excluding carboxylic acids is 1. The number of nitrogens with one attached hydrogen (secondary N) is 2. The zero-order valence-corrected chi connectivity index (χ0v) is 14.8. The van der Waals surface area contributed by atoms with Crippen LogP contribution in [0.4, 0.5) is 11.4 Å².